The lowest BCUT2D eigenvalue weighted by atomic mass is 10.0. The highest BCUT2D eigenvalue weighted by atomic mass is 127. The summed E-state index contributed by atoms with van der Waals surface area (Å²) in [6.07, 6.45) is 0.830. The summed E-state index contributed by atoms with van der Waals surface area (Å²) in [6.45, 7) is 11.8. The van der Waals surface area contributed by atoms with Crippen LogP contribution in [0.1, 0.15) is 48.0 Å². The molecule has 5 nitrogen and oxygen atoms in total. The summed E-state index contributed by atoms with van der Waals surface area (Å²) in [5.74, 6) is 1.72. The molecule has 1 atom stereocenters. The number of benzene rings is 1. The molecule has 2 N–H and O–H groups in total. The molecule has 25 heavy (non-hydrogen) atoms. The molecule has 2 aromatic rings. The second kappa shape index (κ2) is 10.4. The maximum Gasteiger partial charge on any atom is 0.191 e. The largest absolute Gasteiger partial charge is 0.361 e. The maximum atomic E-state index is 5.21. The molecule has 1 heterocycles. The van der Waals surface area contributed by atoms with E-state index in [9.17, 15) is 0 Å². The lowest BCUT2D eigenvalue weighted by Crippen LogP contribution is -2.39. The van der Waals surface area contributed by atoms with Crippen LogP contribution in [0, 0.1) is 20.8 Å². The second-order valence-corrected chi connectivity index (χ2v) is 6.04. The number of aryl methyl sites for hydroxylation is 3. The monoisotopic (exact) mass is 456 g/mol. The minimum atomic E-state index is 0. The zero-order chi connectivity index (χ0) is 17.5. The van der Waals surface area contributed by atoms with Crippen molar-refractivity contribution in [3.63, 3.8) is 0 Å². The fraction of sp³-hybridized carbons (Fsp3) is 0.474. The van der Waals surface area contributed by atoms with Gasteiger partial charge in [-0.05, 0) is 52.2 Å². The molecule has 1 aromatic carbocycles. The smallest absolute Gasteiger partial charge is 0.191 e. The van der Waals surface area contributed by atoms with E-state index in [1.807, 2.05) is 13.8 Å². The van der Waals surface area contributed by atoms with Gasteiger partial charge in [-0.3, -0.25) is 4.99 Å². The number of aliphatic imine (C=N–C) groups is 1. The van der Waals surface area contributed by atoms with Crippen molar-refractivity contribution < 1.29 is 4.52 Å². The van der Waals surface area contributed by atoms with E-state index in [-0.39, 0.29) is 30.0 Å². The summed E-state index contributed by atoms with van der Waals surface area (Å²) < 4.78 is 5.21. The Labute approximate surface area is 167 Å². The fourth-order valence-corrected chi connectivity index (χ4v) is 2.81. The van der Waals surface area contributed by atoms with E-state index in [0.29, 0.717) is 6.54 Å². The summed E-state index contributed by atoms with van der Waals surface area (Å²) in [4.78, 5) is 4.69. The summed E-state index contributed by atoms with van der Waals surface area (Å²) in [5.41, 5.74) is 4.67. The van der Waals surface area contributed by atoms with Crippen molar-refractivity contribution in [1.29, 1.82) is 0 Å². The first-order chi connectivity index (χ1) is 11.5. The molecule has 0 radical (unpaired) electrons. The molecule has 0 bridgehead atoms. The van der Waals surface area contributed by atoms with Crippen molar-refractivity contribution in [2.45, 2.75) is 47.1 Å². The summed E-state index contributed by atoms with van der Waals surface area (Å²) in [5, 5.41) is 10.8. The van der Waals surface area contributed by atoms with Gasteiger partial charge in [0, 0.05) is 18.7 Å². The summed E-state index contributed by atoms with van der Waals surface area (Å²) in [6, 6.07) is 8.62. The molecule has 0 saturated carbocycles. The number of aromatic nitrogens is 1. The molecular weight excluding hydrogens is 427 g/mol. The Morgan fingerprint density at radius 1 is 1.24 bits per heavy atom. The summed E-state index contributed by atoms with van der Waals surface area (Å²) >= 11 is 0. The molecule has 0 saturated heterocycles. The van der Waals surface area contributed by atoms with Crippen LogP contribution in [0.25, 0.3) is 0 Å². The molecule has 0 aliphatic rings. The van der Waals surface area contributed by atoms with Crippen LogP contribution in [0.15, 0.2) is 33.8 Å². The third kappa shape index (κ3) is 6.02. The summed E-state index contributed by atoms with van der Waals surface area (Å²) in [7, 11) is 0. The molecule has 0 aliphatic carbocycles. The van der Waals surface area contributed by atoms with Crippen molar-refractivity contribution in [3.05, 3.63) is 52.4 Å². The molecular formula is C19H29IN4O. The topological polar surface area (TPSA) is 62.5 Å². The molecule has 1 unspecified atom stereocenters. The van der Waals surface area contributed by atoms with Gasteiger partial charge in [0.2, 0.25) is 0 Å². The molecule has 0 fully saturated rings. The number of halogens is 1. The maximum absolute atomic E-state index is 5.21. The Kier molecular flexibility index (Phi) is 8.96. The lowest BCUT2D eigenvalue weighted by molar-refractivity contribution is 0.392. The highest BCUT2D eigenvalue weighted by Crippen LogP contribution is 2.16. The van der Waals surface area contributed by atoms with Gasteiger partial charge in [0.15, 0.2) is 5.96 Å². The van der Waals surface area contributed by atoms with Gasteiger partial charge < -0.3 is 15.2 Å². The molecule has 1 aromatic heterocycles. The highest BCUT2D eigenvalue weighted by Gasteiger charge is 2.11. The van der Waals surface area contributed by atoms with E-state index in [1.54, 1.807) is 0 Å². The van der Waals surface area contributed by atoms with Crippen LogP contribution >= 0.6 is 24.0 Å². The van der Waals surface area contributed by atoms with Crippen LogP contribution in [0.3, 0.4) is 0 Å². The van der Waals surface area contributed by atoms with E-state index < -0.39 is 0 Å². The number of hydrogen-bond donors (Lipinski definition) is 2. The number of hydrogen-bond acceptors (Lipinski definition) is 3. The van der Waals surface area contributed by atoms with Crippen molar-refractivity contribution in [1.82, 2.24) is 15.8 Å². The minimum absolute atomic E-state index is 0. The quantitative estimate of drug-likeness (QED) is 0.391. The van der Waals surface area contributed by atoms with Gasteiger partial charge in [0.25, 0.3) is 0 Å². The minimum Gasteiger partial charge on any atom is -0.361 e. The van der Waals surface area contributed by atoms with Crippen molar-refractivity contribution >= 4 is 29.9 Å². The third-order valence-corrected chi connectivity index (χ3v) is 4.17. The Balaban J connectivity index is 0.00000312. The van der Waals surface area contributed by atoms with E-state index in [1.165, 1.54) is 11.1 Å². The normalized spacial score (nSPS) is 12.4. The molecule has 0 aliphatic heterocycles. The van der Waals surface area contributed by atoms with Crippen LogP contribution in [-0.4, -0.2) is 24.2 Å². The Hall–Kier alpha value is -1.57. The number of nitrogens with zero attached hydrogens (tertiary/aromatic N) is 2. The van der Waals surface area contributed by atoms with Crippen molar-refractivity contribution in [2.24, 2.45) is 4.99 Å². The first-order valence-electron chi connectivity index (χ1n) is 8.55. The Morgan fingerprint density at radius 3 is 2.56 bits per heavy atom. The molecule has 6 heteroatoms. The van der Waals surface area contributed by atoms with Gasteiger partial charge in [0.05, 0.1) is 11.7 Å². The van der Waals surface area contributed by atoms with Gasteiger partial charge in [-0.1, -0.05) is 29.4 Å². The zero-order valence-electron chi connectivity index (χ0n) is 15.7. The fourth-order valence-electron chi connectivity index (χ4n) is 2.81. The Morgan fingerprint density at radius 2 is 1.96 bits per heavy atom. The van der Waals surface area contributed by atoms with E-state index in [4.69, 9.17) is 9.52 Å². The van der Waals surface area contributed by atoms with E-state index in [2.05, 4.69) is 60.8 Å². The standard InChI is InChI=1S/C19H28N4O.HI/c1-6-20-19(21-12-11-18-15(4)23-24-16(18)5)22-14(3)17-10-8-7-9-13(17)2;/h7-10,14H,6,11-12H2,1-5H3,(H2,20,21,22);1H. The molecule has 0 spiro atoms. The van der Waals surface area contributed by atoms with E-state index in [0.717, 1.165) is 35.9 Å². The van der Waals surface area contributed by atoms with Gasteiger partial charge >= 0.3 is 0 Å². The van der Waals surface area contributed by atoms with Crippen molar-refractivity contribution in [3.8, 4) is 0 Å². The number of guanidine groups is 1. The molecule has 138 valence electrons. The molecule has 2 rings (SSSR count). The first kappa shape index (κ1) is 21.5. The van der Waals surface area contributed by atoms with Crippen LogP contribution in [0.4, 0.5) is 0 Å². The predicted molar refractivity (Wildman–Crippen MR) is 114 cm³/mol. The second-order valence-electron chi connectivity index (χ2n) is 6.04. The van der Waals surface area contributed by atoms with Crippen LogP contribution in [0.5, 0.6) is 0 Å². The highest BCUT2D eigenvalue weighted by molar-refractivity contribution is 14.0. The Bertz CT molecular complexity index is 677. The zero-order valence-corrected chi connectivity index (χ0v) is 18.0. The van der Waals surface area contributed by atoms with Gasteiger partial charge in [-0.25, -0.2) is 0 Å². The SMILES string of the molecule is CCNC(=NCCc1c(C)noc1C)NC(C)c1ccccc1C.I. The predicted octanol–water partition coefficient (Wildman–Crippen LogP) is 4.08. The third-order valence-electron chi connectivity index (χ3n) is 4.17. The van der Waals surface area contributed by atoms with Gasteiger partial charge in [-0.15, -0.1) is 24.0 Å². The van der Waals surface area contributed by atoms with Gasteiger partial charge in [0.1, 0.15) is 5.76 Å². The van der Waals surface area contributed by atoms with E-state index >= 15 is 0 Å². The van der Waals surface area contributed by atoms with Crippen molar-refractivity contribution in [2.75, 3.05) is 13.1 Å². The average molecular weight is 456 g/mol. The number of rotatable bonds is 6. The van der Waals surface area contributed by atoms with Crippen LogP contribution in [-0.2, 0) is 6.42 Å². The lowest BCUT2D eigenvalue weighted by Gasteiger charge is -2.19. The van der Waals surface area contributed by atoms with Gasteiger partial charge in [-0.2, -0.15) is 0 Å². The first-order valence-corrected chi connectivity index (χ1v) is 8.55. The number of nitrogens with one attached hydrogen (secondary N) is 2. The average Bonchev–Trinajstić information content (AvgIpc) is 2.87. The molecule has 0 amide bonds. The van der Waals surface area contributed by atoms with Crippen LogP contribution in [0.2, 0.25) is 0 Å². The van der Waals surface area contributed by atoms with Crippen LogP contribution < -0.4 is 10.6 Å².